The number of anilines is 1. The number of hydrogen-bond acceptors (Lipinski definition) is 2. The fraction of sp³-hybridized carbons (Fsp3) is 0.333. The van der Waals surface area contributed by atoms with Gasteiger partial charge in [0.15, 0.2) is 0 Å². The first-order valence-corrected chi connectivity index (χ1v) is 7.85. The molecule has 1 atom stereocenters. The monoisotopic (exact) mass is 295 g/mol. The lowest BCUT2D eigenvalue weighted by Gasteiger charge is -2.24. The van der Waals surface area contributed by atoms with Gasteiger partial charge in [0.25, 0.3) is 0 Å². The molecular weight excluding hydrogens is 274 g/mol. The van der Waals surface area contributed by atoms with Crippen LogP contribution in [0.1, 0.15) is 24.8 Å². The number of hydrogen-bond donors (Lipinski definition) is 1. The molecule has 3 rings (SSSR count). The van der Waals surface area contributed by atoms with Gasteiger partial charge in [-0.15, -0.1) is 0 Å². The van der Waals surface area contributed by atoms with Crippen molar-refractivity contribution in [1.82, 2.24) is 9.88 Å². The highest BCUT2D eigenvalue weighted by molar-refractivity contribution is 5.88. The Bertz CT molecular complexity index is 600. The van der Waals surface area contributed by atoms with Crippen LogP contribution >= 0.6 is 0 Å². The van der Waals surface area contributed by atoms with Gasteiger partial charge in [-0.1, -0.05) is 36.4 Å². The molecule has 2 heterocycles. The van der Waals surface area contributed by atoms with E-state index in [2.05, 4.69) is 34.6 Å². The van der Waals surface area contributed by atoms with Gasteiger partial charge in [-0.25, -0.2) is 9.78 Å². The summed E-state index contributed by atoms with van der Waals surface area (Å²) in [7, 11) is 0. The summed E-state index contributed by atoms with van der Waals surface area (Å²) in [6, 6.07) is 16.3. The minimum atomic E-state index is -0.0331. The highest BCUT2D eigenvalue weighted by atomic mass is 16.2. The summed E-state index contributed by atoms with van der Waals surface area (Å²) < 4.78 is 0. The lowest BCUT2D eigenvalue weighted by molar-refractivity contribution is 0.204. The van der Waals surface area contributed by atoms with Crippen LogP contribution in [0.2, 0.25) is 0 Å². The second-order valence-corrected chi connectivity index (χ2v) is 5.66. The molecule has 1 fully saturated rings. The Morgan fingerprint density at radius 2 is 2.00 bits per heavy atom. The van der Waals surface area contributed by atoms with Crippen LogP contribution < -0.4 is 5.32 Å². The fourth-order valence-corrected chi connectivity index (χ4v) is 3.00. The summed E-state index contributed by atoms with van der Waals surface area (Å²) in [5.41, 5.74) is 1.33. The van der Waals surface area contributed by atoms with Gasteiger partial charge >= 0.3 is 6.03 Å². The zero-order chi connectivity index (χ0) is 15.2. The number of amides is 2. The van der Waals surface area contributed by atoms with Crippen molar-refractivity contribution in [2.24, 2.45) is 0 Å². The fourth-order valence-electron chi connectivity index (χ4n) is 3.00. The van der Waals surface area contributed by atoms with Gasteiger partial charge in [-0.05, 0) is 43.4 Å². The number of benzene rings is 1. The van der Waals surface area contributed by atoms with Crippen LogP contribution in [-0.4, -0.2) is 28.5 Å². The van der Waals surface area contributed by atoms with Gasteiger partial charge < -0.3 is 4.90 Å². The molecule has 0 aliphatic carbocycles. The van der Waals surface area contributed by atoms with E-state index in [4.69, 9.17) is 0 Å². The lowest BCUT2D eigenvalue weighted by atomic mass is 10.0. The molecule has 1 aliphatic rings. The van der Waals surface area contributed by atoms with Crippen molar-refractivity contribution in [2.75, 3.05) is 11.9 Å². The van der Waals surface area contributed by atoms with E-state index < -0.39 is 0 Å². The number of urea groups is 1. The van der Waals surface area contributed by atoms with Gasteiger partial charge in [-0.3, -0.25) is 5.32 Å². The van der Waals surface area contributed by atoms with Gasteiger partial charge in [-0.2, -0.15) is 0 Å². The van der Waals surface area contributed by atoms with Crippen LogP contribution in [-0.2, 0) is 6.42 Å². The first-order chi connectivity index (χ1) is 10.8. The smallest absolute Gasteiger partial charge is 0.322 e. The number of aromatic nitrogens is 1. The van der Waals surface area contributed by atoms with Crippen LogP contribution in [0.5, 0.6) is 0 Å². The Kier molecular flexibility index (Phi) is 4.68. The average Bonchev–Trinajstić information content (AvgIpc) is 3.03. The van der Waals surface area contributed by atoms with Gasteiger partial charge in [0.2, 0.25) is 0 Å². The molecule has 1 aromatic carbocycles. The molecule has 1 aromatic heterocycles. The normalized spacial score (nSPS) is 17.5. The third-order valence-corrected chi connectivity index (χ3v) is 4.15. The average molecular weight is 295 g/mol. The minimum absolute atomic E-state index is 0.0331. The number of carbonyl (C=O) groups excluding carboxylic acids is 1. The van der Waals surface area contributed by atoms with E-state index in [1.165, 1.54) is 5.56 Å². The number of nitrogens with one attached hydrogen (secondary N) is 1. The van der Waals surface area contributed by atoms with Crippen LogP contribution in [0, 0.1) is 0 Å². The number of rotatable bonds is 4. The van der Waals surface area contributed by atoms with Crippen LogP contribution in [0.25, 0.3) is 0 Å². The van der Waals surface area contributed by atoms with Crippen molar-refractivity contribution in [3.05, 3.63) is 60.3 Å². The SMILES string of the molecule is O=C(Nc1ccccn1)N1CCC[C@@H]1CCc1ccccc1. The van der Waals surface area contributed by atoms with E-state index in [0.29, 0.717) is 11.9 Å². The first kappa shape index (κ1) is 14.6. The van der Waals surface area contributed by atoms with Crippen molar-refractivity contribution in [1.29, 1.82) is 0 Å². The van der Waals surface area contributed by atoms with Crippen molar-refractivity contribution in [3.63, 3.8) is 0 Å². The Morgan fingerprint density at radius 3 is 2.77 bits per heavy atom. The maximum Gasteiger partial charge on any atom is 0.323 e. The summed E-state index contributed by atoms with van der Waals surface area (Å²) in [5.74, 6) is 0.612. The third kappa shape index (κ3) is 3.64. The number of nitrogens with zero attached hydrogens (tertiary/aromatic N) is 2. The molecule has 1 N–H and O–H groups in total. The number of likely N-dealkylation sites (tertiary alicyclic amines) is 1. The van der Waals surface area contributed by atoms with Crippen LogP contribution in [0.3, 0.4) is 0 Å². The second-order valence-electron chi connectivity index (χ2n) is 5.66. The molecule has 0 radical (unpaired) electrons. The molecule has 4 heteroatoms. The molecule has 114 valence electrons. The van der Waals surface area contributed by atoms with E-state index in [0.717, 1.165) is 32.2 Å². The molecule has 2 aromatic rings. The van der Waals surface area contributed by atoms with Crippen molar-refractivity contribution >= 4 is 11.8 Å². The van der Waals surface area contributed by atoms with Crippen LogP contribution in [0.15, 0.2) is 54.7 Å². The Labute approximate surface area is 131 Å². The molecule has 4 nitrogen and oxygen atoms in total. The van der Waals surface area contributed by atoms with E-state index in [1.54, 1.807) is 6.20 Å². The first-order valence-electron chi connectivity index (χ1n) is 7.85. The molecule has 0 unspecified atom stereocenters. The summed E-state index contributed by atoms with van der Waals surface area (Å²) in [5, 5.41) is 2.89. The highest BCUT2D eigenvalue weighted by Crippen LogP contribution is 2.22. The molecule has 0 bridgehead atoms. The summed E-state index contributed by atoms with van der Waals surface area (Å²) in [6.45, 7) is 0.831. The summed E-state index contributed by atoms with van der Waals surface area (Å²) in [6.07, 6.45) is 5.88. The largest absolute Gasteiger partial charge is 0.323 e. The Balaban J connectivity index is 1.57. The lowest BCUT2D eigenvalue weighted by Crippen LogP contribution is -2.39. The third-order valence-electron chi connectivity index (χ3n) is 4.15. The molecular formula is C18H21N3O. The summed E-state index contributed by atoms with van der Waals surface area (Å²) >= 11 is 0. The van der Waals surface area contributed by atoms with Gasteiger partial charge in [0.05, 0.1) is 0 Å². The zero-order valence-corrected chi connectivity index (χ0v) is 12.6. The predicted molar refractivity (Wildman–Crippen MR) is 87.7 cm³/mol. The van der Waals surface area contributed by atoms with Gasteiger partial charge in [0, 0.05) is 18.8 Å². The number of aryl methyl sites for hydroxylation is 1. The molecule has 0 saturated carbocycles. The minimum Gasteiger partial charge on any atom is -0.322 e. The van der Waals surface area contributed by atoms with E-state index in [-0.39, 0.29) is 6.03 Å². The Morgan fingerprint density at radius 1 is 1.18 bits per heavy atom. The van der Waals surface area contributed by atoms with Gasteiger partial charge in [0.1, 0.15) is 5.82 Å². The highest BCUT2D eigenvalue weighted by Gasteiger charge is 2.28. The quantitative estimate of drug-likeness (QED) is 0.934. The van der Waals surface area contributed by atoms with Crippen LogP contribution in [0.4, 0.5) is 10.6 Å². The Hall–Kier alpha value is -2.36. The maximum atomic E-state index is 12.4. The van der Waals surface area contributed by atoms with Crippen molar-refractivity contribution in [2.45, 2.75) is 31.7 Å². The van der Waals surface area contributed by atoms with E-state index in [1.807, 2.05) is 29.2 Å². The van der Waals surface area contributed by atoms with Crippen molar-refractivity contribution < 1.29 is 4.79 Å². The molecule has 0 spiro atoms. The maximum absolute atomic E-state index is 12.4. The number of pyridine rings is 1. The summed E-state index contributed by atoms with van der Waals surface area (Å²) in [4.78, 5) is 18.5. The standard InChI is InChI=1S/C18H21N3O/c22-18(20-17-10-4-5-13-19-17)21-14-6-9-16(21)12-11-15-7-2-1-3-8-15/h1-5,7-8,10,13,16H,6,9,11-12,14H2,(H,19,20,22)/t16-/m1/s1. The molecule has 1 saturated heterocycles. The topological polar surface area (TPSA) is 45.2 Å². The van der Waals surface area contributed by atoms with Crippen molar-refractivity contribution in [3.8, 4) is 0 Å². The second kappa shape index (κ2) is 7.07. The molecule has 22 heavy (non-hydrogen) atoms. The molecule has 2 amide bonds. The predicted octanol–water partition coefficient (Wildman–Crippen LogP) is 3.71. The van der Waals surface area contributed by atoms with E-state index in [9.17, 15) is 4.79 Å². The zero-order valence-electron chi connectivity index (χ0n) is 12.6. The van der Waals surface area contributed by atoms with E-state index >= 15 is 0 Å². The molecule has 1 aliphatic heterocycles. The number of carbonyl (C=O) groups is 1.